The topological polar surface area (TPSA) is 34.1 Å². The van der Waals surface area contributed by atoms with Crippen molar-refractivity contribution in [3.05, 3.63) is 0 Å². The molecule has 0 aromatic rings. The van der Waals surface area contributed by atoms with Gasteiger partial charge in [0, 0.05) is 6.42 Å². The lowest BCUT2D eigenvalue weighted by molar-refractivity contribution is -0.127. The summed E-state index contributed by atoms with van der Waals surface area (Å²) in [6, 6.07) is 0. The van der Waals surface area contributed by atoms with Gasteiger partial charge in [-0.15, -0.1) is 0 Å². The van der Waals surface area contributed by atoms with E-state index in [1.54, 1.807) is 0 Å². The molecular weight excluding hydrogens is 152 g/mol. The van der Waals surface area contributed by atoms with Crippen LogP contribution in [0.2, 0.25) is 0 Å². The smallest absolute Gasteiger partial charge is 0.140 e. The van der Waals surface area contributed by atoms with Crippen LogP contribution in [-0.2, 0) is 9.59 Å². The van der Waals surface area contributed by atoms with Gasteiger partial charge >= 0.3 is 0 Å². The fraction of sp³-hybridized carbons (Fsp3) is 0.800. The number of hydrogen-bond acceptors (Lipinski definition) is 2. The fourth-order valence-corrected chi connectivity index (χ4v) is 1.77. The number of Topliss-reactive ketones (excluding diaryl/α,β-unsaturated/α-hetero) is 2. The first-order valence-electron chi connectivity index (χ1n) is 4.53. The Morgan fingerprint density at radius 1 is 1.33 bits per heavy atom. The Morgan fingerprint density at radius 3 is 2.25 bits per heavy atom. The Bertz CT molecular complexity index is 202. The van der Waals surface area contributed by atoms with Gasteiger partial charge in [0.1, 0.15) is 11.6 Å². The highest BCUT2D eigenvalue weighted by Gasteiger charge is 2.33. The van der Waals surface area contributed by atoms with Crippen LogP contribution in [0.3, 0.4) is 0 Å². The minimum atomic E-state index is -0.0112. The number of ketones is 2. The van der Waals surface area contributed by atoms with Crippen molar-refractivity contribution in [3.63, 3.8) is 0 Å². The van der Waals surface area contributed by atoms with Crippen molar-refractivity contribution in [2.45, 2.75) is 46.0 Å². The second-order valence-electron chi connectivity index (χ2n) is 4.26. The van der Waals surface area contributed by atoms with Gasteiger partial charge in [0.25, 0.3) is 0 Å². The molecule has 0 saturated heterocycles. The Hall–Kier alpha value is -0.660. The first kappa shape index (κ1) is 9.43. The maximum absolute atomic E-state index is 11.2. The Balaban J connectivity index is 2.30. The summed E-state index contributed by atoms with van der Waals surface area (Å²) < 4.78 is 0. The SMILES string of the molecule is CC(=O)CC(=O)CC1(C)CCC1. The lowest BCUT2D eigenvalue weighted by atomic mass is 9.67. The molecule has 12 heavy (non-hydrogen) atoms. The molecular formula is C10H16O2. The molecule has 2 nitrogen and oxygen atoms in total. The van der Waals surface area contributed by atoms with E-state index in [-0.39, 0.29) is 23.4 Å². The molecule has 1 saturated carbocycles. The van der Waals surface area contributed by atoms with Crippen molar-refractivity contribution in [3.8, 4) is 0 Å². The predicted molar refractivity (Wildman–Crippen MR) is 46.9 cm³/mol. The van der Waals surface area contributed by atoms with E-state index in [1.807, 2.05) is 0 Å². The van der Waals surface area contributed by atoms with Gasteiger partial charge in [0.15, 0.2) is 0 Å². The van der Waals surface area contributed by atoms with Crippen LogP contribution in [-0.4, -0.2) is 11.6 Å². The minimum absolute atomic E-state index is 0.0112. The molecule has 0 aromatic heterocycles. The standard InChI is InChI=1S/C10H16O2/c1-8(11)6-9(12)7-10(2)4-3-5-10/h3-7H2,1-2H3. The van der Waals surface area contributed by atoms with E-state index >= 15 is 0 Å². The molecule has 0 atom stereocenters. The molecule has 68 valence electrons. The molecule has 0 amide bonds. The van der Waals surface area contributed by atoms with E-state index in [4.69, 9.17) is 0 Å². The molecule has 1 aliphatic carbocycles. The van der Waals surface area contributed by atoms with Crippen LogP contribution in [0.25, 0.3) is 0 Å². The molecule has 0 unspecified atom stereocenters. The lowest BCUT2D eigenvalue weighted by Crippen LogP contribution is -2.28. The van der Waals surface area contributed by atoms with Gasteiger partial charge in [-0.2, -0.15) is 0 Å². The van der Waals surface area contributed by atoms with E-state index in [0.717, 1.165) is 12.8 Å². The van der Waals surface area contributed by atoms with Crippen LogP contribution in [0, 0.1) is 5.41 Å². The molecule has 1 fully saturated rings. The van der Waals surface area contributed by atoms with E-state index in [2.05, 4.69) is 6.92 Å². The van der Waals surface area contributed by atoms with Crippen LogP contribution in [0.4, 0.5) is 0 Å². The molecule has 0 N–H and O–H groups in total. The number of rotatable bonds is 4. The summed E-state index contributed by atoms with van der Waals surface area (Å²) in [5, 5.41) is 0. The zero-order valence-electron chi connectivity index (χ0n) is 7.85. The molecule has 0 bridgehead atoms. The molecule has 1 rings (SSSR count). The van der Waals surface area contributed by atoms with Crippen LogP contribution < -0.4 is 0 Å². The highest BCUT2D eigenvalue weighted by atomic mass is 16.1. The Kier molecular flexibility index (Phi) is 2.65. The third-order valence-corrected chi connectivity index (χ3v) is 2.63. The maximum atomic E-state index is 11.2. The first-order valence-corrected chi connectivity index (χ1v) is 4.53. The average molecular weight is 168 g/mol. The third-order valence-electron chi connectivity index (χ3n) is 2.63. The zero-order valence-corrected chi connectivity index (χ0v) is 7.85. The monoisotopic (exact) mass is 168 g/mol. The summed E-state index contributed by atoms with van der Waals surface area (Å²) in [6.07, 6.45) is 4.28. The van der Waals surface area contributed by atoms with Gasteiger partial charge in [-0.05, 0) is 25.2 Å². The molecule has 2 heteroatoms. The van der Waals surface area contributed by atoms with E-state index in [0.29, 0.717) is 6.42 Å². The van der Waals surface area contributed by atoms with Crippen molar-refractivity contribution >= 4 is 11.6 Å². The Morgan fingerprint density at radius 2 is 1.92 bits per heavy atom. The van der Waals surface area contributed by atoms with Crippen LogP contribution in [0.1, 0.15) is 46.0 Å². The summed E-state index contributed by atoms with van der Waals surface area (Å²) in [5.74, 6) is 0.104. The normalized spacial score (nSPS) is 19.8. The largest absolute Gasteiger partial charge is 0.300 e. The molecule has 1 aliphatic rings. The van der Waals surface area contributed by atoms with E-state index in [9.17, 15) is 9.59 Å². The van der Waals surface area contributed by atoms with Gasteiger partial charge in [-0.25, -0.2) is 0 Å². The van der Waals surface area contributed by atoms with Gasteiger partial charge in [-0.1, -0.05) is 13.3 Å². The Labute approximate surface area is 73.3 Å². The van der Waals surface area contributed by atoms with Crippen molar-refractivity contribution in [1.29, 1.82) is 0 Å². The summed E-state index contributed by atoms with van der Waals surface area (Å²) in [7, 11) is 0. The van der Waals surface area contributed by atoms with E-state index in [1.165, 1.54) is 13.3 Å². The molecule has 0 radical (unpaired) electrons. The van der Waals surface area contributed by atoms with Crippen molar-refractivity contribution in [2.24, 2.45) is 5.41 Å². The third kappa shape index (κ3) is 2.43. The molecule has 0 aromatic carbocycles. The second kappa shape index (κ2) is 3.38. The van der Waals surface area contributed by atoms with E-state index < -0.39 is 0 Å². The van der Waals surface area contributed by atoms with Crippen molar-refractivity contribution in [1.82, 2.24) is 0 Å². The minimum Gasteiger partial charge on any atom is -0.300 e. The van der Waals surface area contributed by atoms with Gasteiger partial charge in [-0.3, -0.25) is 9.59 Å². The van der Waals surface area contributed by atoms with Crippen LogP contribution in [0.5, 0.6) is 0 Å². The quantitative estimate of drug-likeness (QED) is 0.602. The predicted octanol–water partition coefficient (Wildman–Crippen LogP) is 2.11. The van der Waals surface area contributed by atoms with Gasteiger partial charge in [0.05, 0.1) is 6.42 Å². The van der Waals surface area contributed by atoms with Crippen LogP contribution >= 0.6 is 0 Å². The summed E-state index contributed by atoms with van der Waals surface area (Å²) in [4.78, 5) is 21.9. The van der Waals surface area contributed by atoms with Crippen molar-refractivity contribution < 1.29 is 9.59 Å². The molecule has 0 heterocycles. The lowest BCUT2D eigenvalue weighted by Gasteiger charge is -2.37. The molecule has 0 aliphatic heterocycles. The first-order chi connectivity index (χ1) is 5.52. The fourth-order valence-electron chi connectivity index (χ4n) is 1.77. The summed E-state index contributed by atoms with van der Waals surface area (Å²) in [5.41, 5.74) is 0.229. The number of carbonyl (C=O) groups excluding carboxylic acids is 2. The maximum Gasteiger partial charge on any atom is 0.140 e. The van der Waals surface area contributed by atoms with Crippen molar-refractivity contribution in [2.75, 3.05) is 0 Å². The summed E-state index contributed by atoms with van der Waals surface area (Å²) >= 11 is 0. The number of carbonyl (C=O) groups is 2. The average Bonchev–Trinajstić information content (AvgIpc) is 1.81. The highest BCUT2D eigenvalue weighted by molar-refractivity contribution is 5.98. The zero-order chi connectivity index (χ0) is 9.19. The molecule has 0 spiro atoms. The van der Waals surface area contributed by atoms with Gasteiger partial charge < -0.3 is 0 Å². The highest BCUT2D eigenvalue weighted by Crippen LogP contribution is 2.43. The van der Waals surface area contributed by atoms with Crippen LogP contribution in [0.15, 0.2) is 0 Å². The van der Waals surface area contributed by atoms with Gasteiger partial charge in [0.2, 0.25) is 0 Å². The second-order valence-corrected chi connectivity index (χ2v) is 4.26. The summed E-state index contributed by atoms with van der Waals surface area (Å²) in [6.45, 7) is 3.61. The number of hydrogen-bond donors (Lipinski definition) is 0.